The fraction of sp³-hybridized carbons (Fsp3) is 0.571. The Morgan fingerprint density at radius 3 is 2.29 bits per heavy atom. The fourth-order valence-corrected chi connectivity index (χ4v) is 2.11. The summed E-state index contributed by atoms with van der Waals surface area (Å²) in [6.07, 6.45) is 0. The summed E-state index contributed by atoms with van der Waals surface area (Å²) in [6.45, 7) is 9.09. The van der Waals surface area contributed by atoms with Crippen LogP contribution in [0.25, 0.3) is 0 Å². The molecule has 0 bridgehead atoms. The third-order valence-electron chi connectivity index (χ3n) is 2.98. The Morgan fingerprint density at radius 2 is 1.82 bits per heavy atom. The van der Waals surface area contributed by atoms with E-state index in [1.807, 2.05) is 19.9 Å². The summed E-state index contributed by atoms with van der Waals surface area (Å²) < 4.78 is 5.32. The Morgan fingerprint density at radius 1 is 1.24 bits per heavy atom. The van der Waals surface area contributed by atoms with Crippen molar-refractivity contribution in [1.29, 1.82) is 0 Å². The molecule has 96 valence electrons. The van der Waals surface area contributed by atoms with Gasteiger partial charge in [0.1, 0.15) is 5.75 Å². The van der Waals surface area contributed by atoms with Crippen molar-refractivity contribution in [3.8, 4) is 5.75 Å². The van der Waals surface area contributed by atoms with Gasteiger partial charge in [0.25, 0.3) is 0 Å². The normalized spacial score (nSPS) is 11.5. The molecule has 0 aromatic heterocycles. The van der Waals surface area contributed by atoms with Gasteiger partial charge in [0.15, 0.2) is 0 Å². The number of nitrogens with zero attached hydrogens (tertiary/aromatic N) is 1. The molecule has 3 nitrogen and oxygen atoms in total. The minimum Gasteiger partial charge on any atom is -0.496 e. The Labute approximate surface area is 105 Å². The number of hydrogen-bond donors (Lipinski definition) is 1. The van der Waals surface area contributed by atoms with Gasteiger partial charge in [-0.25, -0.2) is 0 Å². The molecule has 0 atom stereocenters. The predicted molar refractivity (Wildman–Crippen MR) is 74.0 cm³/mol. The van der Waals surface area contributed by atoms with Crippen molar-refractivity contribution in [3.63, 3.8) is 0 Å². The van der Waals surface area contributed by atoms with Crippen LogP contribution in [-0.4, -0.2) is 26.2 Å². The van der Waals surface area contributed by atoms with Gasteiger partial charge in [-0.05, 0) is 51.0 Å². The summed E-state index contributed by atoms with van der Waals surface area (Å²) in [5, 5.41) is 0. The highest BCUT2D eigenvalue weighted by Gasteiger charge is 2.16. The van der Waals surface area contributed by atoms with Crippen molar-refractivity contribution in [2.24, 2.45) is 5.73 Å². The van der Waals surface area contributed by atoms with E-state index in [-0.39, 0.29) is 5.54 Å². The van der Waals surface area contributed by atoms with Gasteiger partial charge in [-0.2, -0.15) is 0 Å². The van der Waals surface area contributed by atoms with Crippen molar-refractivity contribution in [2.75, 3.05) is 25.6 Å². The SMILES string of the molecule is COc1ccc(N(C)CC(C)(C)N)c(C)c1C. The highest BCUT2D eigenvalue weighted by atomic mass is 16.5. The molecule has 0 spiro atoms. The van der Waals surface area contributed by atoms with E-state index in [0.717, 1.165) is 12.3 Å². The van der Waals surface area contributed by atoms with E-state index in [2.05, 4.69) is 31.9 Å². The molecule has 0 aliphatic rings. The van der Waals surface area contributed by atoms with Gasteiger partial charge in [0.05, 0.1) is 7.11 Å². The lowest BCUT2D eigenvalue weighted by Crippen LogP contribution is -2.44. The first-order valence-corrected chi connectivity index (χ1v) is 5.90. The average Bonchev–Trinajstić information content (AvgIpc) is 2.19. The van der Waals surface area contributed by atoms with Gasteiger partial charge in [-0.3, -0.25) is 0 Å². The number of rotatable bonds is 4. The molecule has 0 radical (unpaired) electrons. The molecule has 1 aromatic rings. The number of likely N-dealkylation sites (N-methyl/N-ethyl adjacent to an activating group) is 1. The second kappa shape index (κ2) is 4.96. The van der Waals surface area contributed by atoms with Crippen LogP contribution in [0.3, 0.4) is 0 Å². The first-order valence-electron chi connectivity index (χ1n) is 5.90. The van der Waals surface area contributed by atoms with Gasteiger partial charge < -0.3 is 15.4 Å². The lowest BCUT2D eigenvalue weighted by molar-refractivity contribution is 0.411. The predicted octanol–water partition coefficient (Wildman–Crippen LogP) is 2.49. The van der Waals surface area contributed by atoms with Gasteiger partial charge in [-0.1, -0.05) is 0 Å². The van der Waals surface area contributed by atoms with E-state index in [1.54, 1.807) is 7.11 Å². The monoisotopic (exact) mass is 236 g/mol. The number of anilines is 1. The zero-order valence-electron chi connectivity index (χ0n) is 11.8. The molecule has 0 aliphatic heterocycles. The third kappa shape index (κ3) is 3.37. The molecule has 0 aliphatic carbocycles. The molecule has 3 heteroatoms. The molecular formula is C14H24N2O. The number of ether oxygens (including phenoxy) is 1. The van der Waals surface area contributed by atoms with Crippen molar-refractivity contribution in [3.05, 3.63) is 23.3 Å². The maximum absolute atomic E-state index is 6.05. The molecule has 0 saturated heterocycles. The molecule has 0 heterocycles. The quantitative estimate of drug-likeness (QED) is 0.873. The summed E-state index contributed by atoms with van der Waals surface area (Å²) in [5.74, 6) is 0.937. The Kier molecular flexibility index (Phi) is 4.04. The fourth-order valence-electron chi connectivity index (χ4n) is 2.11. The van der Waals surface area contributed by atoms with Gasteiger partial charge >= 0.3 is 0 Å². The van der Waals surface area contributed by atoms with Crippen LogP contribution in [0, 0.1) is 13.8 Å². The van der Waals surface area contributed by atoms with Crippen LogP contribution in [0.5, 0.6) is 5.75 Å². The summed E-state index contributed by atoms with van der Waals surface area (Å²) in [6, 6.07) is 4.10. The van der Waals surface area contributed by atoms with Crippen LogP contribution in [0.4, 0.5) is 5.69 Å². The lowest BCUT2D eigenvalue weighted by Gasteiger charge is -2.30. The summed E-state index contributed by atoms with van der Waals surface area (Å²) in [7, 11) is 3.77. The number of hydrogen-bond acceptors (Lipinski definition) is 3. The van der Waals surface area contributed by atoms with Crippen LogP contribution >= 0.6 is 0 Å². The second-order valence-corrected chi connectivity index (χ2v) is 5.38. The van der Waals surface area contributed by atoms with Crippen LogP contribution in [-0.2, 0) is 0 Å². The topological polar surface area (TPSA) is 38.5 Å². The smallest absolute Gasteiger partial charge is 0.122 e. The van der Waals surface area contributed by atoms with E-state index < -0.39 is 0 Å². The molecular weight excluding hydrogens is 212 g/mol. The largest absolute Gasteiger partial charge is 0.496 e. The van der Waals surface area contributed by atoms with Gasteiger partial charge in [-0.15, -0.1) is 0 Å². The molecule has 0 unspecified atom stereocenters. The van der Waals surface area contributed by atoms with Gasteiger partial charge in [0.2, 0.25) is 0 Å². The molecule has 0 saturated carbocycles. The highest BCUT2D eigenvalue weighted by Crippen LogP contribution is 2.29. The lowest BCUT2D eigenvalue weighted by atomic mass is 10.0. The maximum atomic E-state index is 6.05. The van der Waals surface area contributed by atoms with Crippen molar-refractivity contribution in [1.82, 2.24) is 0 Å². The van der Waals surface area contributed by atoms with Crippen LogP contribution in [0.15, 0.2) is 12.1 Å². The number of benzene rings is 1. The first-order chi connectivity index (χ1) is 7.76. The number of nitrogens with two attached hydrogens (primary N) is 1. The van der Waals surface area contributed by atoms with Crippen molar-refractivity contribution in [2.45, 2.75) is 33.2 Å². The zero-order valence-corrected chi connectivity index (χ0v) is 11.8. The van der Waals surface area contributed by atoms with E-state index >= 15 is 0 Å². The Bertz CT molecular complexity index is 394. The minimum atomic E-state index is -0.199. The summed E-state index contributed by atoms with van der Waals surface area (Å²) in [5.41, 5.74) is 9.50. The van der Waals surface area contributed by atoms with Crippen LogP contribution < -0.4 is 15.4 Å². The highest BCUT2D eigenvalue weighted by molar-refractivity contribution is 5.59. The molecule has 0 fully saturated rings. The Balaban J connectivity index is 3.03. The van der Waals surface area contributed by atoms with Crippen LogP contribution in [0.1, 0.15) is 25.0 Å². The zero-order chi connectivity index (χ0) is 13.2. The third-order valence-corrected chi connectivity index (χ3v) is 2.98. The second-order valence-electron chi connectivity index (χ2n) is 5.38. The first kappa shape index (κ1) is 13.8. The van der Waals surface area contributed by atoms with Crippen LogP contribution in [0.2, 0.25) is 0 Å². The molecule has 0 amide bonds. The van der Waals surface area contributed by atoms with E-state index in [4.69, 9.17) is 10.5 Å². The van der Waals surface area contributed by atoms with E-state index in [1.165, 1.54) is 16.8 Å². The Hall–Kier alpha value is -1.22. The number of methoxy groups -OCH3 is 1. The molecule has 1 aromatic carbocycles. The maximum Gasteiger partial charge on any atom is 0.122 e. The van der Waals surface area contributed by atoms with E-state index in [9.17, 15) is 0 Å². The molecule has 2 N–H and O–H groups in total. The molecule has 17 heavy (non-hydrogen) atoms. The molecule has 1 rings (SSSR count). The summed E-state index contributed by atoms with van der Waals surface area (Å²) >= 11 is 0. The van der Waals surface area contributed by atoms with Crippen molar-refractivity contribution >= 4 is 5.69 Å². The standard InChI is InChI=1S/C14H24N2O/c1-10-11(2)13(17-6)8-7-12(10)16(5)9-14(3,4)15/h7-8H,9,15H2,1-6H3. The summed E-state index contributed by atoms with van der Waals surface area (Å²) in [4.78, 5) is 2.20. The van der Waals surface area contributed by atoms with E-state index in [0.29, 0.717) is 0 Å². The van der Waals surface area contributed by atoms with Crippen molar-refractivity contribution < 1.29 is 4.74 Å². The minimum absolute atomic E-state index is 0.199. The van der Waals surface area contributed by atoms with Gasteiger partial charge in [0, 0.05) is 24.8 Å². The average molecular weight is 236 g/mol.